The van der Waals surface area contributed by atoms with E-state index in [-0.39, 0.29) is 5.91 Å². The molecular formula is C25H28F3N7O3S. The number of aryl methyl sites for hydroxylation is 2. The number of halogens is 3. The van der Waals surface area contributed by atoms with Crippen LogP contribution in [0.25, 0.3) is 17.0 Å². The number of carbonyl (C=O) groups is 2. The number of hydrogen-bond donors (Lipinski definition) is 1. The van der Waals surface area contributed by atoms with Gasteiger partial charge in [-0.05, 0) is 46.0 Å². The number of imidazole rings is 2. The van der Waals surface area contributed by atoms with Crippen LogP contribution in [0.4, 0.5) is 13.2 Å². The van der Waals surface area contributed by atoms with Crippen LogP contribution in [0.2, 0.25) is 0 Å². The second-order valence-corrected chi connectivity index (χ2v) is 10.2. The SMILES string of the molecule is Cc1nc(Cn2cc(-c3nc(C(=O)N4CCCN(C)CC4)c4ccccn34)nc2C)cs1.O=C(O)C(F)(F)F. The molecule has 4 aromatic heterocycles. The molecule has 208 valence electrons. The van der Waals surface area contributed by atoms with Gasteiger partial charge in [-0.25, -0.2) is 19.7 Å². The Labute approximate surface area is 226 Å². The summed E-state index contributed by atoms with van der Waals surface area (Å²) in [4.78, 5) is 40.7. The highest BCUT2D eigenvalue weighted by atomic mass is 32.1. The molecule has 0 saturated carbocycles. The molecule has 0 aliphatic carbocycles. The lowest BCUT2D eigenvalue weighted by Crippen LogP contribution is -2.34. The van der Waals surface area contributed by atoms with Crippen LogP contribution in [0.1, 0.15) is 33.4 Å². The van der Waals surface area contributed by atoms with Crippen LogP contribution < -0.4 is 0 Å². The number of rotatable bonds is 4. The fourth-order valence-corrected chi connectivity index (χ4v) is 4.81. The Morgan fingerprint density at radius 3 is 2.49 bits per heavy atom. The molecule has 0 radical (unpaired) electrons. The number of alkyl halides is 3. The summed E-state index contributed by atoms with van der Waals surface area (Å²) in [6.45, 7) is 8.02. The Morgan fingerprint density at radius 2 is 1.82 bits per heavy atom. The fourth-order valence-electron chi connectivity index (χ4n) is 4.21. The van der Waals surface area contributed by atoms with Crippen LogP contribution >= 0.6 is 11.3 Å². The summed E-state index contributed by atoms with van der Waals surface area (Å²) in [5, 5.41) is 10.3. The minimum absolute atomic E-state index is 0.00986. The average molecular weight is 564 g/mol. The third-order valence-electron chi connectivity index (χ3n) is 6.20. The summed E-state index contributed by atoms with van der Waals surface area (Å²) < 4.78 is 35.8. The van der Waals surface area contributed by atoms with E-state index < -0.39 is 12.1 Å². The number of aliphatic carboxylic acids is 1. The minimum Gasteiger partial charge on any atom is -0.475 e. The highest BCUT2D eigenvalue weighted by molar-refractivity contribution is 7.09. The zero-order valence-corrected chi connectivity index (χ0v) is 22.5. The molecule has 4 aromatic rings. The Morgan fingerprint density at radius 1 is 1.08 bits per heavy atom. The molecule has 1 amide bonds. The van der Waals surface area contributed by atoms with E-state index in [9.17, 15) is 18.0 Å². The molecule has 0 aromatic carbocycles. The third kappa shape index (κ3) is 6.63. The molecular weight excluding hydrogens is 535 g/mol. The van der Waals surface area contributed by atoms with Crippen LogP contribution in [0.3, 0.4) is 0 Å². The Hall–Kier alpha value is -3.78. The topological polar surface area (TPSA) is 109 Å². The van der Waals surface area contributed by atoms with E-state index in [0.717, 1.165) is 60.3 Å². The van der Waals surface area contributed by atoms with Gasteiger partial charge in [0.1, 0.15) is 11.5 Å². The van der Waals surface area contributed by atoms with Crippen molar-refractivity contribution in [2.75, 3.05) is 33.2 Å². The quantitative estimate of drug-likeness (QED) is 0.403. The van der Waals surface area contributed by atoms with Gasteiger partial charge in [-0.2, -0.15) is 13.2 Å². The van der Waals surface area contributed by atoms with Crippen LogP contribution in [0.15, 0.2) is 36.0 Å². The number of carboxylic acids is 1. The van der Waals surface area contributed by atoms with Crippen molar-refractivity contribution in [2.24, 2.45) is 0 Å². The number of fused-ring (bicyclic) bond motifs is 1. The third-order valence-corrected chi connectivity index (χ3v) is 7.03. The van der Waals surface area contributed by atoms with E-state index in [1.54, 1.807) is 11.3 Å². The first-order valence-electron chi connectivity index (χ1n) is 12.1. The highest BCUT2D eigenvalue weighted by Gasteiger charge is 2.38. The summed E-state index contributed by atoms with van der Waals surface area (Å²) in [6.07, 6.45) is -0.162. The van der Waals surface area contributed by atoms with E-state index >= 15 is 0 Å². The predicted molar refractivity (Wildman–Crippen MR) is 139 cm³/mol. The number of likely N-dealkylation sites (N-methyl/N-ethyl adjacent to an activating group) is 1. The van der Waals surface area contributed by atoms with Gasteiger partial charge in [0.2, 0.25) is 0 Å². The molecule has 0 atom stereocenters. The summed E-state index contributed by atoms with van der Waals surface area (Å²) in [5.41, 5.74) is 3.08. The number of nitrogens with zero attached hydrogens (tertiary/aromatic N) is 7. The zero-order valence-electron chi connectivity index (χ0n) is 21.6. The van der Waals surface area contributed by atoms with Crippen molar-refractivity contribution in [1.82, 2.24) is 33.7 Å². The normalized spacial score (nSPS) is 14.7. The predicted octanol–water partition coefficient (Wildman–Crippen LogP) is 3.73. The smallest absolute Gasteiger partial charge is 0.475 e. The van der Waals surface area contributed by atoms with Crippen molar-refractivity contribution >= 4 is 28.7 Å². The standard InChI is InChI=1S/C23H27N7OS.C2HF3O2/c1-16-24-19(14-29(16)13-18-15-32-17(2)25-18)22-26-21(20-7-4-5-10-30(20)22)23(31)28-9-6-8-27(3)11-12-28;3-2(4,5)1(6)7/h4-5,7,10,14-15H,6,8-9,11-13H2,1-3H3;(H,6,7). The Balaban J connectivity index is 0.000000448. The van der Waals surface area contributed by atoms with Crippen molar-refractivity contribution < 1.29 is 27.9 Å². The van der Waals surface area contributed by atoms with Crippen molar-refractivity contribution in [2.45, 2.75) is 33.0 Å². The molecule has 0 bridgehead atoms. The largest absolute Gasteiger partial charge is 0.490 e. The number of carboxylic acid groups (broad SMARTS) is 1. The van der Waals surface area contributed by atoms with Gasteiger partial charge in [-0.1, -0.05) is 6.07 Å². The Bertz CT molecular complexity index is 1480. The second kappa shape index (κ2) is 11.5. The first-order chi connectivity index (χ1) is 18.4. The number of carbonyl (C=O) groups excluding carboxylic acids is 1. The lowest BCUT2D eigenvalue weighted by molar-refractivity contribution is -0.192. The molecule has 5 rings (SSSR count). The van der Waals surface area contributed by atoms with E-state index in [1.165, 1.54) is 0 Å². The summed E-state index contributed by atoms with van der Waals surface area (Å²) >= 11 is 1.65. The maximum Gasteiger partial charge on any atom is 0.490 e. The molecule has 0 unspecified atom stereocenters. The molecule has 5 heterocycles. The molecule has 39 heavy (non-hydrogen) atoms. The number of pyridine rings is 1. The van der Waals surface area contributed by atoms with Gasteiger partial charge in [0, 0.05) is 37.4 Å². The lowest BCUT2D eigenvalue weighted by Gasteiger charge is -2.19. The summed E-state index contributed by atoms with van der Waals surface area (Å²) in [6, 6.07) is 5.85. The molecule has 1 aliphatic heterocycles. The van der Waals surface area contributed by atoms with Crippen molar-refractivity contribution in [1.29, 1.82) is 0 Å². The van der Waals surface area contributed by atoms with Gasteiger partial charge in [0.15, 0.2) is 11.5 Å². The first-order valence-corrected chi connectivity index (χ1v) is 13.0. The van der Waals surface area contributed by atoms with Crippen LogP contribution in [-0.2, 0) is 11.3 Å². The summed E-state index contributed by atoms with van der Waals surface area (Å²) in [5.74, 6) is -1.19. The monoisotopic (exact) mass is 563 g/mol. The highest BCUT2D eigenvalue weighted by Crippen LogP contribution is 2.24. The van der Waals surface area contributed by atoms with Crippen molar-refractivity contribution in [3.63, 3.8) is 0 Å². The van der Waals surface area contributed by atoms with E-state index in [0.29, 0.717) is 18.1 Å². The number of aromatic nitrogens is 5. The lowest BCUT2D eigenvalue weighted by atomic mass is 10.3. The van der Waals surface area contributed by atoms with E-state index in [1.807, 2.05) is 53.7 Å². The Kier molecular flexibility index (Phi) is 8.35. The van der Waals surface area contributed by atoms with E-state index in [2.05, 4.69) is 26.9 Å². The maximum absolute atomic E-state index is 13.4. The van der Waals surface area contributed by atoms with E-state index in [4.69, 9.17) is 19.9 Å². The van der Waals surface area contributed by atoms with Gasteiger partial charge in [-0.3, -0.25) is 9.20 Å². The molecule has 14 heteroatoms. The van der Waals surface area contributed by atoms with Gasteiger partial charge in [-0.15, -0.1) is 11.3 Å². The molecule has 10 nitrogen and oxygen atoms in total. The van der Waals surface area contributed by atoms with Crippen LogP contribution in [-0.4, -0.2) is 90.1 Å². The number of thiazole rings is 1. The average Bonchev–Trinajstić information content (AvgIpc) is 3.52. The molecule has 1 N–H and O–H groups in total. The zero-order chi connectivity index (χ0) is 28.3. The van der Waals surface area contributed by atoms with Gasteiger partial charge >= 0.3 is 12.1 Å². The molecule has 0 spiro atoms. The van der Waals surface area contributed by atoms with Crippen LogP contribution in [0.5, 0.6) is 0 Å². The summed E-state index contributed by atoms with van der Waals surface area (Å²) in [7, 11) is 2.10. The van der Waals surface area contributed by atoms with Crippen molar-refractivity contribution in [3.05, 3.63) is 58.2 Å². The fraction of sp³-hybridized carbons (Fsp3) is 0.400. The van der Waals surface area contributed by atoms with Gasteiger partial charge in [0.05, 0.1) is 22.8 Å². The number of amides is 1. The minimum atomic E-state index is -5.08. The molecule has 1 aliphatic rings. The number of hydrogen-bond acceptors (Lipinski definition) is 7. The second-order valence-electron chi connectivity index (χ2n) is 9.15. The van der Waals surface area contributed by atoms with Crippen LogP contribution in [0, 0.1) is 13.8 Å². The molecule has 1 fully saturated rings. The van der Waals surface area contributed by atoms with Gasteiger partial charge in [0.25, 0.3) is 5.91 Å². The maximum atomic E-state index is 13.4. The molecule has 1 saturated heterocycles. The first kappa shape index (κ1) is 28.2. The van der Waals surface area contributed by atoms with Gasteiger partial charge < -0.3 is 19.5 Å². The van der Waals surface area contributed by atoms with Crippen molar-refractivity contribution in [3.8, 4) is 11.5 Å².